The molecule has 2 aliphatic rings. The minimum absolute atomic E-state index is 0.278. The topological polar surface area (TPSA) is 17.1 Å². The summed E-state index contributed by atoms with van der Waals surface area (Å²) < 4.78 is 0. The predicted octanol–water partition coefficient (Wildman–Crippen LogP) is 3.58. The fourth-order valence-corrected chi connectivity index (χ4v) is 3.20. The van der Waals surface area contributed by atoms with Crippen molar-refractivity contribution in [3.8, 4) is 0 Å². The van der Waals surface area contributed by atoms with Gasteiger partial charge in [-0.1, -0.05) is 24.3 Å². The summed E-state index contributed by atoms with van der Waals surface area (Å²) in [5.74, 6) is 2.94. The zero-order chi connectivity index (χ0) is 11.8. The molecule has 0 bridgehead atoms. The Kier molecular flexibility index (Phi) is 2.96. The van der Waals surface area contributed by atoms with Crippen LogP contribution < -0.4 is 0 Å². The van der Waals surface area contributed by atoms with Gasteiger partial charge in [-0.05, 0) is 42.2 Å². The van der Waals surface area contributed by atoms with Crippen LogP contribution in [0.4, 0.5) is 0 Å². The van der Waals surface area contributed by atoms with Gasteiger partial charge in [0.2, 0.25) is 0 Å². The van der Waals surface area contributed by atoms with E-state index in [9.17, 15) is 4.79 Å². The summed E-state index contributed by atoms with van der Waals surface area (Å²) in [5, 5.41) is 0. The van der Waals surface area contributed by atoms with Crippen molar-refractivity contribution in [3.05, 3.63) is 35.4 Å². The van der Waals surface area contributed by atoms with Crippen LogP contribution in [0, 0.1) is 17.8 Å². The SMILES string of the molecule is O=C1CC2CC2CC1Cc1ccc(CCl)cc1. The van der Waals surface area contributed by atoms with Crippen LogP contribution in [0.1, 0.15) is 30.4 Å². The van der Waals surface area contributed by atoms with Crippen LogP contribution in [0.2, 0.25) is 0 Å². The lowest BCUT2D eigenvalue weighted by atomic mass is 9.83. The van der Waals surface area contributed by atoms with Crippen molar-refractivity contribution in [1.29, 1.82) is 0 Å². The lowest BCUT2D eigenvalue weighted by molar-refractivity contribution is -0.124. The first-order valence-electron chi connectivity index (χ1n) is 6.42. The maximum Gasteiger partial charge on any atom is 0.136 e. The van der Waals surface area contributed by atoms with Crippen molar-refractivity contribution < 1.29 is 4.79 Å². The second-order valence-corrected chi connectivity index (χ2v) is 5.78. The number of fused-ring (bicyclic) bond motifs is 1. The predicted molar refractivity (Wildman–Crippen MR) is 69.0 cm³/mol. The number of benzene rings is 1. The molecule has 17 heavy (non-hydrogen) atoms. The Hall–Kier alpha value is -0.820. The molecule has 2 fully saturated rings. The molecule has 3 unspecified atom stereocenters. The van der Waals surface area contributed by atoms with Gasteiger partial charge >= 0.3 is 0 Å². The number of halogens is 1. The van der Waals surface area contributed by atoms with Gasteiger partial charge < -0.3 is 0 Å². The summed E-state index contributed by atoms with van der Waals surface area (Å²) in [7, 11) is 0. The van der Waals surface area contributed by atoms with Gasteiger partial charge in [0.1, 0.15) is 5.78 Å². The fraction of sp³-hybridized carbons (Fsp3) is 0.533. The maximum absolute atomic E-state index is 11.9. The van der Waals surface area contributed by atoms with Crippen LogP contribution in [0.25, 0.3) is 0 Å². The molecule has 0 radical (unpaired) electrons. The summed E-state index contributed by atoms with van der Waals surface area (Å²) in [6, 6.07) is 8.36. The first-order chi connectivity index (χ1) is 8.26. The van der Waals surface area contributed by atoms with Gasteiger partial charge in [0.15, 0.2) is 0 Å². The Morgan fingerprint density at radius 1 is 1.06 bits per heavy atom. The summed E-state index contributed by atoms with van der Waals surface area (Å²) in [5.41, 5.74) is 2.42. The number of ketones is 1. The van der Waals surface area contributed by atoms with Crippen LogP contribution >= 0.6 is 11.6 Å². The Bertz CT molecular complexity index is 423. The highest BCUT2D eigenvalue weighted by Gasteiger charge is 2.45. The Labute approximate surface area is 107 Å². The van der Waals surface area contributed by atoms with Crippen molar-refractivity contribution in [1.82, 2.24) is 0 Å². The molecule has 0 saturated heterocycles. The van der Waals surface area contributed by atoms with Gasteiger partial charge in [-0.2, -0.15) is 0 Å². The van der Waals surface area contributed by atoms with E-state index in [1.54, 1.807) is 0 Å². The summed E-state index contributed by atoms with van der Waals surface area (Å²) in [6.07, 6.45) is 4.19. The van der Waals surface area contributed by atoms with Gasteiger partial charge in [0, 0.05) is 18.2 Å². The number of Topliss-reactive ketones (excluding diaryl/α,β-unsaturated/α-hetero) is 1. The van der Waals surface area contributed by atoms with Crippen LogP contribution in [-0.2, 0) is 17.1 Å². The quantitative estimate of drug-likeness (QED) is 0.748. The van der Waals surface area contributed by atoms with E-state index in [2.05, 4.69) is 24.3 Å². The first kappa shape index (κ1) is 11.3. The third-order valence-corrected chi connectivity index (χ3v) is 4.54. The number of hydrogen-bond donors (Lipinski definition) is 0. The first-order valence-corrected chi connectivity index (χ1v) is 6.96. The molecule has 1 aromatic carbocycles. The maximum atomic E-state index is 11.9. The molecule has 1 nitrogen and oxygen atoms in total. The minimum Gasteiger partial charge on any atom is -0.299 e. The molecule has 90 valence electrons. The summed E-state index contributed by atoms with van der Waals surface area (Å²) in [4.78, 5) is 11.9. The summed E-state index contributed by atoms with van der Waals surface area (Å²) in [6.45, 7) is 0. The van der Waals surface area contributed by atoms with Gasteiger partial charge in [0.05, 0.1) is 0 Å². The molecule has 1 aromatic rings. The van der Waals surface area contributed by atoms with Crippen molar-refractivity contribution in [2.75, 3.05) is 0 Å². The number of alkyl halides is 1. The zero-order valence-corrected chi connectivity index (χ0v) is 10.6. The van der Waals surface area contributed by atoms with E-state index in [1.807, 2.05) is 0 Å². The van der Waals surface area contributed by atoms with Crippen molar-refractivity contribution in [2.24, 2.45) is 17.8 Å². The van der Waals surface area contributed by atoms with E-state index in [0.29, 0.717) is 11.7 Å². The van der Waals surface area contributed by atoms with E-state index >= 15 is 0 Å². The standard InChI is InChI=1S/C15H17ClO/c16-9-11-3-1-10(2-4-11)5-14-7-12-6-13(12)8-15(14)17/h1-4,12-14H,5-9H2. The Morgan fingerprint density at radius 3 is 2.47 bits per heavy atom. The molecule has 2 saturated carbocycles. The molecule has 2 aliphatic carbocycles. The number of hydrogen-bond acceptors (Lipinski definition) is 1. The van der Waals surface area contributed by atoms with E-state index in [-0.39, 0.29) is 5.92 Å². The second kappa shape index (κ2) is 4.45. The van der Waals surface area contributed by atoms with Gasteiger partial charge in [-0.3, -0.25) is 4.79 Å². The molecular weight excluding hydrogens is 232 g/mol. The molecule has 3 rings (SSSR count). The Morgan fingerprint density at radius 2 is 1.76 bits per heavy atom. The lowest BCUT2D eigenvalue weighted by Gasteiger charge is -2.20. The number of carbonyl (C=O) groups is 1. The smallest absolute Gasteiger partial charge is 0.136 e. The van der Waals surface area contributed by atoms with E-state index < -0.39 is 0 Å². The fourth-order valence-electron chi connectivity index (χ4n) is 3.02. The van der Waals surface area contributed by atoms with Crippen LogP contribution in [-0.4, -0.2) is 5.78 Å². The molecular formula is C15H17ClO. The zero-order valence-electron chi connectivity index (χ0n) is 9.86. The average molecular weight is 249 g/mol. The number of carbonyl (C=O) groups excluding carboxylic acids is 1. The third kappa shape index (κ3) is 2.40. The highest BCUT2D eigenvalue weighted by molar-refractivity contribution is 6.17. The molecule has 0 spiro atoms. The van der Waals surface area contributed by atoms with Crippen molar-refractivity contribution in [3.63, 3.8) is 0 Å². The Balaban J connectivity index is 1.66. The van der Waals surface area contributed by atoms with Gasteiger partial charge in [-0.15, -0.1) is 11.6 Å². The van der Waals surface area contributed by atoms with Crippen LogP contribution in [0.5, 0.6) is 0 Å². The monoisotopic (exact) mass is 248 g/mol. The second-order valence-electron chi connectivity index (χ2n) is 5.51. The molecule has 0 heterocycles. The number of rotatable bonds is 3. The molecule has 0 amide bonds. The molecule has 0 aromatic heterocycles. The average Bonchev–Trinajstić information content (AvgIpc) is 3.08. The minimum atomic E-state index is 0.278. The largest absolute Gasteiger partial charge is 0.299 e. The molecule has 2 heteroatoms. The van der Waals surface area contributed by atoms with Gasteiger partial charge in [-0.25, -0.2) is 0 Å². The molecule has 0 N–H and O–H groups in total. The van der Waals surface area contributed by atoms with Gasteiger partial charge in [0.25, 0.3) is 0 Å². The lowest BCUT2D eigenvalue weighted by Crippen LogP contribution is -2.22. The van der Waals surface area contributed by atoms with Crippen LogP contribution in [0.3, 0.4) is 0 Å². The third-order valence-electron chi connectivity index (χ3n) is 4.23. The van der Waals surface area contributed by atoms with E-state index in [4.69, 9.17) is 11.6 Å². The molecule has 0 aliphatic heterocycles. The highest BCUT2D eigenvalue weighted by Crippen LogP contribution is 2.50. The highest BCUT2D eigenvalue weighted by atomic mass is 35.5. The normalized spacial score (nSPS) is 31.1. The van der Waals surface area contributed by atoms with E-state index in [1.165, 1.54) is 12.0 Å². The van der Waals surface area contributed by atoms with Crippen molar-refractivity contribution in [2.45, 2.75) is 31.6 Å². The van der Waals surface area contributed by atoms with Crippen LogP contribution in [0.15, 0.2) is 24.3 Å². The summed E-state index contributed by atoms with van der Waals surface area (Å²) >= 11 is 5.76. The van der Waals surface area contributed by atoms with E-state index in [0.717, 1.165) is 36.7 Å². The van der Waals surface area contributed by atoms with Crippen molar-refractivity contribution >= 4 is 17.4 Å². The molecule has 3 atom stereocenters.